The Labute approximate surface area is 148 Å². The maximum atomic E-state index is 9.51. The number of ether oxygens (including phenoxy) is 1. The number of aromatic hydroxyl groups is 1. The molecule has 0 aromatic heterocycles. The van der Waals surface area contributed by atoms with Crippen molar-refractivity contribution in [1.29, 1.82) is 0 Å². The molecule has 24 heavy (non-hydrogen) atoms. The minimum Gasteiger partial charge on any atom is -0.508 e. The van der Waals surface area contributed by atoms with Crippen molar-refractivity contribution in [3.8, 4) is 11.5 Å². The fourth-order valence-electron chi connectivity index (χ4n) is 3.67. The summed E-state index contributed by atoms with van der Waals surface area (Å²) in [4.78, 5) is 0. The summed E-state index contributed by atoms with van der Waals surface area (Å²) in [5.74, 6) is 1.33. The molecule has 0 amide bonds. The Hall–Kier alpha value is -1.18. The molecule has 1 aliphatic heterocycles. The fourth-order valence-corrected chi connectivity index (χ4v) is 3.67. The standard InChI is InChI=1S/C22H36O2/c1-2-3-4-5-6-7-8-9-10-11-12-13-21-16-14-19-18-20(23)15-17-22(19)24-21/h15,17-18,21,23H,2-14,16H2,1H3. The normalized spacial score (nSPS) is 16.6. The van der Waals surface area contributed by atoms with Crippen LogP contribution in [0.3, 0.4) is 0 Å². The number of hydrogen-bond acceptors (Lipinski definition) is 2. The number of fused-ring (bicyclic) bond motifs is 1. The van der Waals surface area contributed by atoms with Gasteiger partial charge in [0.15, 0.2) is 0 Å². The summed E-state index contributed by atoms with van der Waals surface area (Å²) in [6.07, 6.45) is 19.0. The lowest BCUT2D eigenvalue weighted by Crippen LogP contribution is -2.22. The highest BCUT2D eigenvalue weighted by molar-refractivity contribution is 5.40. The van der Waals surface area contributed by atoms with Gasteiger partial charge in [0.2, 0.25) is 0 Å². The van der Waals surface area contributed by atoms with Crippen LogP contribution in [0.15, 0.2) is 18.2 Å². The summed E-state index contributed by atoms with van der Waals surface area (Å²) in [6.45, 7) is 2.28. The molecular formula is C22H36O2. The zero-order valence-corrected chi connectivity index (χ0v) is 15.6. The van der Waals surface area contributed by atoms with Crippen molar-refractivity contribution in [3.05, 3.63) is 23.8 Å². The van der Waals surface area contributed by atoms with Gasteiger partial charge in [0.05, 0.1) is 6.10 Å². The van der Waals surface area contributed by atoms with E-state index in [0.717, 1.165) is 24.2 Å². The summed E-state index contributed by atoms with van der Waals surface area (Å²) in [6, 6.07) is 5.48. The Morgan fingerprint density at radius 2 is 1.54 bits per heavy atom. The summed E-state index contributed by atoms with van der Waals surface area (Å²) >= 11 is 0. The lowest BCUT2D eigenvalue weighted by atomic mass is 9.98. The van der Waals surface area contributed by atoms with Crippen LogP contribution in [0.5, 0.6) is 11.5 Å². The number of phenols is 1. The summed E-state index contributed by atoms with van der Waals surface area (Å²) in [5.41, 5.74) is 1.16. The van der Waals surface area contributed by atoms with Gasteiger partial charge in [0.25, 0.3) is 0 Å². The third-order valence-electron chi connectivity index (χ3n) is 5.20. The van der Waals surface area contributed by atoms with E-state index in [9.17, 15) is 5.11 Å². The van der Waals surface area contributed by atoms with Gasteiger partial charge in [-0.1, -0.05) is 71.1 Å². The molecule has 136 valence electrons. The van der Waals surface area contributed by atoms with Gasteiger partial charge >= 0.3 is 0 Å². The number of rotatable bonds is 12. The van der Waals surface area contributed by atoms with Gasteiger partial charge in [-0.25, -0.2) is 0 Å². The Morgan fingerprint density at radius 1 is 0.917 bits per heavy atom. The van der Waals surface area contributed by atoms with Crippen LogP contribution in [-0.4, -0.2) is 11.2 Å². The minimum absolute atomic E-state index is 0.348. The third kappa shape index (κ3) is 7.15. The summed E-state index contributed by atoms with van der Waals surface area (Å²) < 4.78 is 6.07. The van der Waals surface area contributed by atoms with E-state index in [4.69, 9.17) is 4.74 Å². The first-order chi connectivity index (χ1) is 11.8. The highest BCUT2D eigenvalue weighted by Crippen LogP contribution is 2.31. The molecule has 1 aromatic carbocycles. The van der Waals surface area contributed by atoms with Crippen LogP contribution in [0.25, 0.3) is 0 Å². The molecule has 0 radical (unpaired) electrons. The number of aryl methyl sites for hydroxylation is 1. The van der Waals surface area contributed by atoms with Gasteiger partial charge < -0.3 is 9.84 Å². The number of phenolic OH excluding ortho intramolecular Hbond substituents is 1. The van der Waals surface area contributed by atoms with E-state index in [-0.39, 0.29) is 0 Å². The van der Waals surface area contributed by atoms with Gasteiger partial charge in [-0.3, -0.25) is 0 Å². The molecular weight excluding hydrogens is 296 g/mol. The molecule has 1 aliphatic rings. The van der Waals surface area contributed by atoms with E-state index < -0.39 is 0 Å². The van der Waals surface area contributed by atoms with Gasteiger partial charge in [-0.05, 0) is 49.4 Å². The lowest BCUT2D eigenvalue weighted by molar-refractivity contribution is 0.160. The van der Waals surface area contributed by atoms with Crippen molar-refractivity contribution in [2.45, 2.75) is 103 Å². The van der Waals surface area contributed by atoms with Crippen molar-refractivity contribution < 1.29 is 9.84 Å². The molecule has 1 N–H and O–H groups in total. The predicted molar refractivity (Wildman–Crippen MR) is 102 cm³/mol. The molecule has 2 heteroatoms. The van der Waals surface area contributed by atoms with Crippen LogP contribution < -0.4 is 4.74 Å². The van der Waals surface area contributed by atoms with Crippen molar-refractivity contribution in [2.75, 3.05) is 0 Å². The molecule has 2 rings (SSSR count). The van der Waals surface area contributed by atoms with Gasteiger partial charge in [0, 0.05) is 0 Å². The molecule has 2 nitrogen and oxygen atoms in total. The van der Waals surface area contributed by atoms with Gasteiger partial charge in [-0.2, -0.15) is 0 Å². The maximum absolute atomic E-state index is 9.51. The van der Waals surface area contributed by atoms with Crippen LogP contribution in [0.1, 0.15) is 96.0 Å². The van der Waals surface area contributed by atoms with Gasteiger partial charge in [0.1, 0.15) is 11.5 Å². The van der Waals surface area contributed by atoms with Crippen LogP contribution in [-0.2, 0) is 6.42 Å². The summed E-state index contributed by atoms with van der Waals surface area (Å²) in [5, 5.41) is 9.51. The minimum atomic E-state index is 0.348. The van der Waals surface area contributed by atoms with Crippen LogP contribution in [0, 0.1) is 0 Å². The molecule has 1 unspecified atom stereocenters. The monoisotopic (exact) mass is 332 g/mol. The second kappa shape index (κ2) is 11.4. The Morgan fingerprint density at radius 3 is 2.21 bits per heavy atom. The molecule has 1 atom stereocenters. The Kier molecular flexibility index (Phi) is 9.09. The quantitative estimate of drug-likeness (QED) is 0.427. The fraction of sp³-hybridized carbons (Fsp3) is 0.727. The highest BCUT2D eigenvalue weighted by atomic mass is 16.5. The first-order valence-corrected chi connectivity index (χ1v) is 10.3. The number of unbranched alkanes of at least 4 members (excludes halogenated alkanes) is 10. The van der Waals surface area contributed by atoms with Crippen molar-refractivity contribution in [3.63, 3.8) is 0 Å². The molecule has 0 bridgehead atoms. The van der Waals surface area contributed by atoms with Crippen molar-refractivity contribution in [1.82, 2.24) is 0 Å². The van der Waals surface area contributed by atoms with Crippen molar-refractivity contribution in [2.24, 2.45) is 0 Å². The molecule has 0 fully saturated rings. The smallest absolute Gasteiger partial charge is 0.123 e. The average molecular weight is 333 g/mol. The van der Waals surface area contributed by atoms with Gasteiger partial charge in [-0.15, -0.1) is 0 Å². The van der Waals surface area contributed by atoms with Crippen LogP contribution in [0.4, 0.5) is 0 Å². The van der Waals surface area contributed by atoms with E-state index in [2.05, 4.69) is 6.92 Å². The average Bonchev–Trinajstić information content (AvgIpc) is 2.59. The van der Waals surface area contributed by atoms with Crippen LogP contribution in [0.2, 0.25) is 0 Å². The molecule has 0 saturated carbocycles. The zero-order valence-electron chi connectivity index (χ0n) is 15.6. The second-order valence-corrected chi connectivity index (χ2v) is 7.39. The zero-order chi connectivity index (χ0) is 17.0. The largest absolute Gasteiger partial charge is 0.508 e. The Bertz CT molecular complexity index is 455. The van der Waals surface area contributed by atoms with Crippen LogP contribution >= 0.6 is 0 Å². The van der Waals surface area contributed by atoms with E-state index in [1.165, 1.54) is 77.0 Å². The van der Waals surface area contributed by atoms with E-state index in [0.29, 0.717) is 11.9 Å². The number of hydrogen-bond donors (Lipinski definition) is 1. The molecule has 0 spiro atoms. The number of benzene rings is 1. The van der Waals surface area contributed by atoms with Crippen molar-refractivity contribution >= 4 is 0 Å². The second-order valence-electron chi connectivity index (χ2n) is 7.39. The molecule has 1 heterocycles. The highest BCUT2D eigenvalue weighted by Gasteiger charge is 2.19. The maximum Gasteiger partial charge on any atom is 0.123 e. The predicted octanol–water partition coefficient (Wildman–Crippen LogP) is 6.79. The van der Waals surface area contributed by atoms with E-state index in [1.54, 1.807) is 6.07 Å². The molecule has 0 saturated heterocycles. The summed E-state index contributed by atoms with van der Waals surface area (Å²) in [7, 11) is 0. The van der Waals surface area contributed by atoms with E-state index in [1.807, 2.05) is 12.1 Å². The third-order valence-corrected chi connectivity index (χ3v) is 5.20. The SMILES string of the molecule is CCCCCCCCCCCCCC1CCc2cc(O)ccc2O1. The first-order valence-electron chi connectivity index (χ1n) is 10.3. The van der Waals surface area contributed by atoms with E-state index >= 15 is 0 Å². The topological polar surface area (TPSA) is 29.5 Å². The first kappa shape index (κ1) is 19.1. The molecule has 1 aromatic rings. The molecule has 0 aliphatic carbocycles. The lowest BCUT2D eigenvalue weighted by Gasteiger charge is -2.26. The Balaban J connectivity index is 1.45.